The van der Waals surface area contributed by atoms with Crippen LogP contribution in [0.3, 0.4) is 0 Å². The van der Waals surface area contributed by atoms with Crippen molar-refractivity contribution >= 4 is 12.0 Å². The Morgan fingerprint density at radius 3 is 2.33 bits per heavy atom. The second-order valence-electron chi connectivity index (χ2n) is 0.862. The lowest BCUT2D eigenvalue weighted by Crippen LogP contribution is -1.97. The summed E-state index contributed by atoms with van der Waals surface area (Å²) in [6, 6.07) is 0. The van der Waals surface area contributed by atoms with Crippen LogP contribution in [0.25, 0.3) is 0 Å². The predicted molar refractivity (Wildman–Crippen MR) is 26.3 cm³/mol. The topological polar surface area (TPSA) is 29.5 Å². The summed E-state index contributed by atoms with van der Waals surface area (Å²) in [5.41, 5.74) is 0. The second-order valence-corrected chi connectivity index (χ2v) is 1.39. The van der Waals surface area contributed by atoms with Crippen LogP contribution in [-0.4, -0.2) is 17.7 Å². The molecule has 0 aliphatic carbocycles. The molecule has 0 spiro atoms. The Kier molecular flexibility index (Phi) is 3.62. The van der Waals surface area contributed by atoms with Gasteiger partial charge in [0.25, 0.3) is 0 Å². The van der Waals surface area contributed by atoms with Crippen molar-refractivity contribution in [3.8, 4) is 0 Å². The van der Waals surface area contributed by atoms with E-state index in [1.807, 2.05) is 0 Å². The standard InChI is InChI=1S/C3H8O2S/c1-3(4)5-6-2/h3-4H,1-2H3. The first kappa shape index (κ1) is 6.27. The molecule has 2 nitrogen and oxygen atoms in total. The molecule has 0 aromatic heterocycles. The minimum atomic E-state index is -0.639. The highest BCUT2D eigenvalue weighted by atomic mass is 32.2. The van der Waals surface area contributed by atoms with Crippen LogP contribution >= 0.6 is 12.0 Å². The van der Waals surface area contributed by atoms with Crippen LogP contribution in [0.2, 0.25) is 0 Å². The van der Waals surface area contributed by atoms with Gasteiger partial charge < -0.3 is 5.11 Å². The van der Waals surface area contributed by atoms with Gasteiger partial charge in [-0.3, -0.25) is 4.18 Å². The molecule has 0 aliphatic rings. The number of aliphatic hydroxyl groups is 1. The molecule has 0 bridgehead atoms. The van der Waals surface area contributed by atoms with Crippen LogP contribution in [0.4, 0.5) is 0 Å². The molecule has 0 saturated carbocycles. The molecule has 3 heteroatoms. The lowest BCUT2D eigenvalue weighted by molar-refractivity contribution is 0.0172. The van der Waals surface area contributed by atoms with Crippen molar-refractivity contribution in [1.82, 2.24) is 0 Å². The maximum atomic E-state index is 8.31. The van der Waals surface area contributed by atoms with Crippen LogP contribution in [-0.2, 0) is 4.18 Å². The van der Waals surface area contributed by atoms with Crippen LogP contribution in [0.5, 0.6) is 0 Å². The highest BCUT2D eigenvalue weighted by molar-refractivity contribution is 7.93. The van der Waals surface area contributed by atoms with Gasteiger partial charge in [0.1, 0.15) is 0 Å². The summed E-state index contributed by atoms with van der Waals surface area (Å²) in [4.78, 5) is 0. The molecule has 0 heterocycles. The molecule has 1 N–H and O–H groups in total. The van der Waals surface area contributed by atoms with Gasteiger partial charge in [-0.15, -0.1) is 0 Å². The largest absolute Gasteiger partial charge is 0.367 e. The van der Waals surface area contributed by atoms with Gasteiger partial charge in [0, 0.05) is 6.26 Å². The van der Waals surface area contributed by atoms with Gasteiger partial charge in [-0.2, -0.15) is 0 Å². The molecule has 0 aromatic rings. The SMILES string of the molecule is CSOC(C)O. The first-order valence-electron chi connectivity index (χ1n) is 1.65. The fraction of sp³-hybridized carbons (Fsp3) is 1.00. The minimum Gasteiger partial charge on any atom is -0.367 e. The zero-order valence-electron chi connectivity index (χ0n) is 3.84. The molecule has 0 aromatic carbocycles. The highest BCUT2D eigenvalue weighted by Crippen LogP contribution is 1.96. The van der Waals surface area contributed by atoms with Gasteiger partial charge in [0.05, 0.1) is 0 Å². The van der Waals surface area contributed by atoms with E-state index in [4.69, 9.17) is 5.11 Å². The molecule has 0 amide bonds. The number of hydrogen-bond donors (Lipinski definition) is 1. The lowest BCUT2D eigenvalue weighted by Gasteiger charge is -1.97. The van der Waals surface area contributed by atoms with Crippen LogP contribution in [0.1, 0.15) is 6.92 Å². The average Bonchev–Trinajstić information content (AvgIpc) is 1.35. The zero-order chi connectivity index (χ0) is 4.99. The lowest BCUT2D eigenvalue weighted by atomic mass is 10.8. The highest BCUT2D eigenvalue weighted by Gasteiger charge is 1.86. The van der Waals surface area contributed by atoms with Crippen molar-refractivity contribution in [2.45, 2.75) is 13.2 Å². The molecule has 0 saturated heterocycles. The molecule has 0 rings (SSSR count). The third kappa shape index (κ3) is 4.27. The Bertz CT molecular complexity index is 30.0. The molecule has 0 radical (unpaired) electrons. The Morgan fingerprint density at radius 1 is 1.83 bits per heavy atom. The summed E-state index contributed by atoms with van der Waals surface area (Å²) in [6.45, 7) is 1.57. The van der Waals surface area contributed by atoms with Crippen molar-refractivity contribution in [2.24, 2.45) is 0 Å². The number of aliphatic hydroxyl groups excluding tert-OH is 1. The van der Waals surface area contributed by atoms with E-state index in [2.05, 4.69) is 4.18 Å². The summed E-state index contributed by atoms with van der Waals surface area (Å²) in [6.07, 6.45) is 1.12. The number of hydrogen-bond acceptors (Lipinski definition) is 3. The average molecular weight is 108 g/mol. The normalized spacial score (nSPS) is 14.5. The van der Waals surface area contributed by atoms with Crippen LogP contribution < -0.4 is 0 Å². The smallest absolute Gasteiger partial charge is 0.164 e. The number of rotatable bonds is 2. The van der Waals surface area contributed by atoms with E-state index in [0.29, 0.717) is 0 Å². The monoisotopic (exact) mass is 108 g/mol. The van der Waals surface area contributed by atoms with Gasteiger partial charge in [0.15, 0.2) is 6.29 Å². The third-order valence-electron chi connectivity index (χ3n) is 0.235. The van der Waals surface area contributed by atoms with E-state index < -0.39 is 6.29 Å². The van der Waals surface area contributed by atoms with Crippen molar-refractivity contribution in [3.63, 3.8) is 0 Å². The van der Waals surface area contributed by atoms with Gasteiger partial charge in [0.2, 0.25) is 0 Å². The predicted octanol–water partition coefficient (Wildman–Crippen LogP) is 0.619. The van der Waals surface area contributed by atoms with E-state index in [1.165, 1.54) is 0 Å². The molecule has 1 unspecified atom stereocenters. The summed E-state index contributed by atoms with van der Waals surface area (Å²) >= 11 is 1.16. The molecule has 1 atom stereocenters. The van der Waals surface area contributed by atoms with E-state index in [9.17, 15) is 0 Å². The summed E-state index contributed by atoms with van der Waals surface area (Å²) in [5.74, 6) is 0. The summed E-state index contributed by atoms with van der Waals surface area (Å²) < 4.78 is 4.51. The van der Waals surface area contributed by atoms with E-state index in [1.54, 1.807) is 13.2 Å². The van der Waals surface area contributed by atoms with Crippen LogP contribution in [0, 0.1) is 0 Å². The molecule has 0 aliphatic heterocycles. The molecule has 0 fully saturated rings. The Morgan fingerprint density at radius 2 is 2.33 bits per heavy atom. The first-order chi connectivity index (χ1) is 2.77. The molecule has 6 heavy (non-hydrogen) atoms. The van der Waals surface area contributed by atoms with Crippen molar-refractivity contribution in [1.29, 1.82) is 0 Å². The van der Waals surface area contributed by atoms with E-state index >= 15 is 0 Å². The fourth-order valence-corrected chi connectivity index (χ4v) is 0.418. The molecular formula is C3H8O2S. The third-order valence-corrected chi connectivity index (χ3v) is 0.706. The Hall–Kier alpha value is 0.270. The van der Waals surface area contributed by atoms with Gasteiger partial charge in [-0.05, 0) is 19.0 Å². The molecular weight excluding hydrogens is 100 g/mol. The maximum Gasteiger partial charge on any atom is 0.164 e. The van der Waals surface area contributed by atoms with Gasteiger partial charge in [-0.1, -0.05) is 0 Å². The fourth-order valence-electron chi connectivity index (χ4n) is 0.139. The maximum absolute atomic E-state index is 8.31. The minimum absolute atomic E-state index is 0.639. The Balaban J connectivity index is 2.63. The van der Waals surface area contributed by atoms with E-state index in [-0.39, 0.29) is 0 Å². The quantitative estimate of drug-likeness (QED) is 0.415. The zero-order valence-corrected chi connectivity index (χ0v) is 4.66. The Labute approximate surface area is 41.7 Å². The summed E-state index contributed by atoms with van der Waals surface area (Å²) in [5, 5.41) is 8.31. The second kappa shape index (κ2) is 3.46. The van der Waals surface area contributed by atoms with Crippen molar-refractivity contribution in [3.05, 3.63) is 0 Å². The van der Waals surface area contributed by atoms with E-state index in [0.717, 1.165) is 12.0 Å². The van der Waals surface area contributed by atoms with Crippen LogP contribution in [0.15, 0.2) is 0 Å². The molecule has 38 valence electrons. The first-order valence-corrected chi connectivity index (χ1v) is 2.80. The van der Waals surface area contributed by atoms with Crippen molar-refractivity contribution in [2.75, 3.05) is 6.26 Å². The van der Waals surface area contributed by atoms with Gasteiger partial charge in [-0.25, -0.2) is 0 Å². The summed E-state index contributed by atoms with van der Waals surface area (Å²) in [7, 11) is 0. The van der Waals surface area contributed by atoms with Crippen molar-refractivity contribution < 1.29 is 9.29 Å². The van der Waals surface area contributed by atoms with Gasteiger partial charge >= 0.3 is 0 Å².